The van der Waals surface area contributed by atoms with Crippen LogP contribution in [0.4, 0.5) is 10.8 Å². The van der Waals surface area contributed by atoms with E-state index in [1.807, 2.05) is 0 Å². The van der Waals surface area contributed by atoms with Crippen molar-refractivity contribution >= 4 is 44.0 Å². The molecule has 0 spiro atoms. The van der Waals surface area contributed by atoms with Crippen LogP contribution in [0.1, 0.15) is 22.2 Å². The number of thiazole rings is 1. The Morgan fingerprint density at radius 2 is 1.84 bits per heavy atom. The van der Waals surface area contributed by atoms with Gasteiger partial charge in [0.05, 0.1) is 5.69 Å². The van der Waals surface area contributed by atoms with E-state index in [4.69, 9.17) is 5.21 Å². The first-order valence-corrected chi connectivity index (χ1v) is 9.21. The van der Waals surface area contributed by atoms with E-state index < -0.39 is 15.9 Å². The quantitative estimate of drug-likeness (QED) is 0.527. The highest BCUT2D eigenvalue weighted by atomic mass is 32.2. The van der Waals surface area contributed by atoms with Crippen LogP contribution in [0.2, 0.25) is 0 Å². The number of anilines is 2. The SMILES string of the molecule is CC(=O)Nc1nc(S(=O)(=O)N(C)c2ccc(C(=O)NO)cc2)c(C)s1. The van der Waals surface area contributed by atoms with Crippen LogP contribution in [-0.2, 0) is 14.8 Å². The lowest BCUT2D eigenvalue weighted by Gasteiger charge is -2.18. The van der Waals surface area contributed by atoms with Crippen molar-refractivity contribution in [2.45, 2.75) is 18.9 Å². The van der Waals surface area contributed by atoms with Crippen LogP contribution in [0, 0.1) is 6.92 Å². The van der Waals surface area contributed by atoms with E-state index in [2.05, 4.69) is 10.3 Å². The monoisotopic (exact) mass is 384 g/mol. The summed E-state index contributed by atoms with van der Waals surface area (Å²) in [6.07, 6.45) is 0. The molecule has 0 radical (unpaired) electrons. The lowest BCUT2D eigenvalue weighted by atomic mass is 10.2. The number of carbonyl (C=O) groups is 2. The van der Waals surface area contributed by atoms with E-state index in [0.717, 1.165) is 15.6 Å². The first kappa shape index (κ1) is 18.8. The number of rotatable bonds is 5. The Bertz CT molecular complexity index is 906. The molecule has 0 atom stereocenters. The lowest BCUT2D eigenvalue weighted by molar-refractivity contribution is -0.114. The molecule has 134 valence electrons. The van der Waals surface area contributed by atoms with Gasteiger partial charge in [0.1, 0.15) is 0 Å². The number of benzene rings is 1. The summed E-state index contributed by atoms with van der Waals surface area (Å²) in [6.45, 7) is 2.90. The van der Waals surface area contributed by atoms with E-state index >= 15 is 0 Å². The van der Waals surface area contributed by atoms with E-state index in [-0.39, 0.29) is 21.6 Å². The molecule has 9 nitrogen and oxygen atoms in total. The van der Waals surface area contributed by atoms with Crippen LogP contribution >= 0.6 is 11.3 Å². The number of hydrogen-bond acceptors (Lipinski definition) is 7. The van der Waals surface area contributed by atoms with Gasteiger partial charge in [0, 0.05) is 24.4 Å². The molecule has 11 heteroatoms. The minimum atomic E-state index is -3.94. The Kier molecular flexibility index (Phi) is 5.40. The maximum Gasteiger partial charge on any atom is 0.282 e. The highest BCUT2D eigenvalue weighted by Crippen LogP contribution is 2.29. The Balaban J connectivity index is 2.34. The highest BCUT2D eigenvalue weighted by molar-refractivity contribution is 7.92. The van der Waals surface area contributed by atoms with Gasteiger partial charge in [-0.15, -0.1) is 11.3 Å². The number of sulfonamides is 1. The molecular formula is C14H16N4O5S2. The molecule has 0 saturated carbocycles. The lowest BCUT2D eigenvalue weighted by Crippen LogP contribution is -2.27. The molecule has 0 saturated heterocycles. The smallest absolute Gasteiger partial charge is 0.282 e. The first-order valence-electron chi connectivity index (χ1n) is 6.95. The second kappa shape index (κ2) is 7.17. The van der Waals surface area contributed by atoms with Crippen LogP contribution in [0.3, 0.4) is 0 Å². The van der Waals surface area contributed by atoms with Crippen molar-refractivity contribution in [1.82, 2.24) is 10.5 Å². The van der Waals surface area contributed by atoms with Crippen LogP contribution in [0.15, 0.2) is 29.3 Å². The molecule has 2 aromatic rings. The van der Waals surface area contributed by atoms with Crippen molar-refractivity contribution in [2.24, 2.45) is 0 Å². The number of hydrogen-bond donors (Lipinski definition) is 3. The van der Waals surface area contributed by atoms with E-state index in [1.165, 1.54) is 43.7 Å². The minimum Gasteiger partial charge on any atom is -0.302 e. The third-order valence-electron chi connectivity index (χ3n) is 3.24. The van der Waals surface area contributed by atoms with Gasteiger partial charge in [-0.25, -0.2) is 10.5 Å². The Hall–Kier alpha value is -2.50. The Morgan fingerprint density at radius 1 is 1.24 bits per heavy atom. The van der Waals surface area contributed by atoms with Crippen LogP contribution < -0.4 is 15.1 Å². The van der Waals surface area contributed by atoms with Crippen molar-refractivity contribution in [3.63, 3.8) is 0 Å². The number of nitrogens with one attached hydrogen (secondary N) is 2. The summed E-state index contributed by atoms with van der Waals surface area (Å²) in [4.78, 5) is 26.8. The zero-order valence-corrected chi connectivity index (χ0v) is 15.2. The zero-order chi connectivity index (χ0) is 18.8. The summed E-state index contributed by atoms with van der Waals surface area (Å²) < 4.78 is 26.6. The molecule has 25 heavy (non-hydrogen) atoms. The van der Waals surface area contributed by atoms with Gasteiger partial charge in [0.25, 0.3) is 15.9 Å². The molecule has 3 N–H and O–H groups in total. The van der Waals surface area contributed by atoms with Gasteiger partial charge in [-0.2, -0.15) is 8.42 Å². The molecule has 0 aliphatic carbocycles. The second-order valence-electron chi connectivity index (χ2n) is 5.02. The average Bonchev–Trinajstić information content (AvgIpc) is 2.93. The Labute approximate surface area is 148 Å². The van der Waals surface area contributed by atoms with Crippen molar-refractivity contribution < 1.29 is 23.2 Å². The predicted molar refractivity (Wildman–Crippen MR) is 92.4 cm³/mol. The number of aromatic nitrogens is 1. The molecular weight excluding hydrogens is 368 g/mol. The molecule has 2 rings (SSSR count). The first-order chi connectivity index (χ1) is 11.7. The van der Waals surface area contributed by atoms with Crippen molar-refractivity contribution in [1.29, 1.82) is 0 Å². The third kappa shape index (κ3) is 3.95. The van der Waals surface area contributed by atoms with Gasteiger partial charge in [0.2, 0.25) is 5.91 Å². The van der Waals surface area contributed by atoms with Crippen molar-refractivity contribution in [3.05, 3.63) is 34.7 Å². The highest BCUT2D eigenvalue weighted by Gasteiger charge is 2.27. The number of carbonyl (C=O) groups excluding carboxylic acids is 2. The minimum absolute atomic E-state index is 0.152. The standard InChI is InChI=1S/C14H16N4O5S2/c1-8-13(16-14(24-8)15-9(2)19)25(22,23)18(3)11-6-4-10(5-7-11)12(20)17-21/h4-7,21H,1-3H3,(H,17,20)(H,15,16,19). The summed E-state index contributed by atoms with van der Waals surface area (Å²) in [7, 11) is -2.59. The number of amides is 2. The molecule has 0 fully saturated rings. The van der Waals surface area contributed by atoms with Crippen LogP contribution in [0.5, 0.6) is 0 Å². The van der Waals surface area contributed by atoms with Gasteiger partial charge in [0.15, 0.2) is 10.2 Å². The second-order valence-corrected chi connectivity index (χ2v) is 8.11. The molecule has 1 heterocycles. The summed E-state index contributed by atoms with van der Waals surface area (Å²) in [5, 5.41) is 11.1. The normalized spacial score (nSPS) is 11.0. The fourth-order valence-corrected chi connectivity index (χ4v) is 4.46. The number of hydroxylamine groups is 1. The Morgan fingerprint density at radius 3 is 2.36 bits per heavy atom. The van der Waals surface area contributed by atoms with Gasteiger partial charge in [-0.3, -0.25) is 19.1 Å². The largest absolute Gasteiger partial charge is 0.302 e. The van der Waals surface area contributed by atoms with Crippen molar-refractivity contribution in [3.8, 4) is 0 Å². The van der Waals surface area contributed by atoms with E-state index in [0.29, 0.717) is 10.6 Å². The predicted octanol–water partition coefficient (Wildman–Crippen LogP) is 1.35. The summed E-state index contributed by atoms with van der Waals surface area (Å²) >= 11 is 1.06. The number of aryl methyl sites for hydroxylation is 1. The maximum absolute atomic E-state index is 12.8. The van der Waals surface area contributed by atoms with Crippen LogP contribution in [0.25, 0.3) is 0 Å². The molecule has 0 aliphatic heterocycles. The molecule has 0 bridgehead atoms. The molecule has 0 unspecified atom stereocenters. The van der Waals surface area contributed by atoms with Crippen molar-refractivity contribution in [2.75, 3.05) is 16.7 Å². The summed E-state index contributed by atoms with van der Waals surface area (Å²) in [5.74, 6) is -1.05. The summed E-state index contributed by atoms with van der Waals surface area (Å²) in [6, 6.07) is 5.62. The van der Waals surface area contributed by atoms with Gasteiger partial charge >= 0.3 is 0 Å². The van der Waals surface area contributed by atoms with Gasteiger partial charge in [-0.1, -0.05) is 0 Å². The molecule has 2 amide bonds. The summed E-state index contributed by atoms with van der Waals surface area (Å²) in [5.41, 5.74) is 1.98. The third-order valence-corrected chi connectivity index (χ3v) is 6.07. The van der Waals surface area contributed by atoms with E-state index in [1.54, 1.807) is 6.92 Å². The fraction of sp³-hybridized carbons (Fsp3) is 0.214. The molecule has 0 aliphatic rings. The van der Waals surface area contributed by atoms with Crippen LogP contribution in [-0.4, -0.2) is 37.5 Å². The van der Waals surface area contributed by atoms with E-state index in [9.17, 15) is 18.0 Å². The van der Waals surface area contributed by atoms with Gasteiger partial charge in [-0.05, 0) is 31.2 Å². The average molecular weight is 384 g/mol. The maximum atomic E-state index is 12.8. The number of nitrogens with zero attached hydrogens (tertiary/aromatic N) is 2. The fourth-order valence-electron chi connectivity index (χ4n) is 1.98. The van der Waals surface area contributed by atoms with Gasteiger partial charge < -0.3 is 5.32 Å². The topological polar surface area (TPSA) is 129 Å². The molecule has 1 aromatic carbocycles. The molecule has 1 aromatic heterocycles. The zero-order valence-electron chi connectivity index (χ0n) is 13.6.